The Morgan fingerprint density at radius 2 is 1.50 bits per heavy atom. The number of benzene rings is 3. The number of hydrogen-bond donors (Lipinski definition) is 1. The maximum Gasteiger partial charge on any atom is 0.420 e. The minimum atomic E-state index is -4.29. The fourth-order valence-corrected chi connectivity index (χ4v) is 5.55. The minimum absolute atomic E-state index is 0.0770. The number of anilines is 1. The molecule has 0 heterocycles. The molecule has 0 aliphatic rings. The molecule has 42 heavy (non-hydrogen) atoms. The van der Waals surface area contributed by atoms with Crippen LogP contribution >= 0.6 is 23.2 Å². The van der Waals surface area contributed by atoms with E-state index in [-0.39, 0.29) is 50.4 Å². The van der Waals surface area contributed by atoms with E-state index < -0.39 is 28.6 Å². The number of sulfonamides is 1. The lowest BCUT2D eigenvalue weighted by Gasteiger charge is -2.23. The average Bonchev–Trinajstić information content (AvgIpc) is 2.93. The SMILES string of the molecule is CCOC(=O)CN(C(=O)Oc1ccc(OC)cc1)c1cc(Cl)c(Oc2ccc(OC)c(C(C)C)c2S(N)(=O)=O)c(Cl)c1. The van der Waals surface area contributed by atoms with E-state index in [2.05, 4.69) is 0 Å². The number of halogens is 2. The second-order valence-corrected chi connectivity index (χ2v) is 11.3. The van der Waals surface area contributed by atoms with Crippen molar-refractivity contribution in [2.75, 3.05) is 32.3 Å². The van der Waals surface area contributed by atoms with Crippen molar-refractivity contribution < 1.29 is 41.7 Å². The standard InChI is InChI=1S/C28H30Cl2N2O9S/c1-6-39-24(33)15-32(28(34)40-19-9-7-18(37-4)8-10-19)17-13-20(29)26(21(30)14-17)41-23-12-11-22(38-5)25(16(2)3)27(23)42(31,35)36/h7-14,16H,6,15H2,1-5H3,(H2,31,35,36). The normalized spacial score (nSPS) is 11.2. The number of nitrogens with two attached hydrogens (primary N) is 1. The average molecular weight is 642 g/mol. The number of nitrogens with zero attached hydrogens (tertiary/aromatic N) is 1. The summed E-state index contributed by atoms with van der Waals surface area (Å²) in [5, 5.41) is 5.35. The third kappa shape index (κ3) is 7.77. The Morgan fingerprint density at radius 3 is 2.00 bits per heavy atom. The maximum absolute atomic E-state index is 13.2. The zero-order valence-electron chi connectivity index (χ0n) is 23.5. The Kier molecular flexibility index (Phi) is 10.9. The second-order valence-electron chi connectivity index (χ2n) is 8.98. The van der Waals surface area contributed by atoms with Crippen molar-refractivity contribution in [1.82, 2.24) is 0 Å². The zero-order valence-corrected chi connectivity index (χ0v) is 25.8. The quantitative estimate of drug-likeness (QED) is 0.244. The van der Waals surface area contributed by atoms with Crippen LogP contribution in [0.4, 0.5) is 10.5 Å². The lowest BCUT2D eigenvalue weighted by Crippen LogP contribution is -2.38. The maximum atomic E-state index is 13.2. The van der Waals surface area contributed by atoms with Crippen LogP contribution in [0.5, 0.6) is 28.7 Å². The number of carbonyl (C=O) groups is 2. The highest BCUT2D eigenvalue weighted by Gasteiger charge is 2.29. The highest BCUT2D eigenvalue weighted by Crippen LogP contribution is 2.44. The summed E-state index contributed by atoms with van der Waals surface area (Å²) >= 11 is 13.1. The number of hydrogen-bond acceptors (Lipinski definition) is 9. The van der Waals surface area contributed by atoms with Gasteiger partial charge in [0.05, 0.1) is 36.6 Å². The fourth-order valence-electron chi connectivity index (χ4n) is 3.97. The number of rotatable bonds is 11. The molecule has 11 nitrogen and oxygen atoms in total. The van der Waals surface area contributed by atoms with Crippen LogP contribution in [0.25, 0.3) is 0 Å². The third-order valence-electron chi connectivity index (χ3n) is 5.79. The van der Waals surface area contributed by atoms with Crippen LogP contribution in [0, 0.1) is 0 Å². The van der Waals surface area contributed by atoms with Crippen LogP contribution in [0.15, 0.2) is 53.4 Å². The molecule has 2 N–H and O–H groups in total. The number of amides is 1. The van der Waals surface area contributed by atoms with Crippen molar-refractivity contribution in [3.8, 4) is 28.7 Å². The number of esters is 1. The van der Waals surface area contributed by atoms with Crippen LogP contribution in [0.3, 0.4) is 0 Å². The molecule has 0 atom stereocenters. The number of ether oxygens (including phenoxy) is 5. The summed E-state index contributed by atoms with van der Waals surface area (Å²) in [6, 6.07) is 11.7. The van der Waals surface area contributed by atoms with Gasteiger partial charge in [-0.3, -0.25) is 9.69 Å². The molecule has 14 heteroatoms. The third-order valence-corrected chi connectivity index (χ3v) is 7.34. The summed E-state index contributed by atoms with van der Waals surface area (Å²) in [5.41, 5.74) is 0.386. The number of methoxy groups -OCH3 is 2. The molecule has 0 saturated carbocycles. The van der Waals surface area contributed by atoms with Crippen LogP contribution in [0.2, 0.25) is 10.0 Å². The molecule has 226 valence electrons. The first kappa shape index (κ1) is 32.8. The minimum Gasteiger partial charge on any atom is -0.497 e. The van der Waals surface area contributed by atoms with Gasteiger partial charge >= 0.3 is 12.1 Å². The zero-order chi connectivity index (χ0) is 31.2. The molecular formula is C28H30Cl2N2O9S. The molecule has 3 aromatic carbocycles. The van der Waals surface area contributed by atoms with Crippen molar-refractivity contribution in [2.24, 2.45) is 5.14 Å². The Labute approximate surface area is 254 Å². The summed E-state index contributed by atoms with van der Waals surface area (Å²) in [5.74, 6) is -0.239. The summed E-state index contributed by atoms with van der Waals surface area (Å²) < 4.78 is 52.1. The van der Waals surface area contributed by atoms with Crippen LogP contribution < -0.4 is 29.0 Å². The van der Waals surface area contributed by atoms with Crippen molar-refractivity contribution in [3.63, 3.8) is 0 Å². The van der Waals surface area contributed by atoms with E-state index in [1.54, 1.807) is 32.9 Å². The summed E-state index contributed by atoms with van der Waals surface area (Å²) in [7, 11) is -1.39. The van der Waals surface area contributed by atoms with Crippen LogP contribution in [0.1, 0.15) is 32.3 Å². The fraction of sp³-hybridized carbons (Fsp3) is 0.286. The van der Waals surface area contributed by atoms with Crippen molar-refractivity contribution in [3.05, 3.63) is 64.1 Å². The van der Waals surface area contributed by atoms with E-state index >= 15 is 0 Å². The Bertz CT molecular complexity index is 1540. The highest BCUT2D eigenvalue weighted by molar-refractivity contribution is 7.89. The van der Waals surface area contributed by atoms with Gasteiger partial charge in [-0.25, -0.2) is 18.4 Å². The molecule has 0 radical (unpaired) electrons. The summed E-state index contributed by atoms with van der Waals surface area (Å²) in [6.45, 7) is 4.72. The molecule has 0 bridgehead atoms. The predicted molar refractivity (Wildman–Crippen MR) is 158 cm³/mol. The van der Waals surface area contributed by atoms with E-state index in [1.165, 1.54) is 50.6 Å². The Morgan fingerprint density at radius 1 is 0.929 bits per heavy atom. The molecule has 0 spiro atoms. The molecule has 1 amide bonds. The molecule has 0 aliphatic carbocycles. The first-order valence-corrected chi connectivity index (χ1v) is 14.8. The summed E-state index contributed by atoms with van der Waals surface area (Å²) in [4.78, 5) is 26.2. The van der Waals surface area contributed by atoms with Crippen molar-refractivity contribution in [1.29, 1.82) is 0 Å². The van der Waals surface area contributed by atoms with Crippen LogP contribution in [-0.2, 0) is 19.6 Å². The number of carbonyl (C=O) groups excluding carboxylic acids is 2. The van der Waals surface area contributed by atoms with Gasteiger partial charge in [-0.2, -0.15) is 0 Å². The van der Waals surface area contributed by atoms with Gasteiger partial charge in [-0.1, -0.05) is 37.0 Å². The lowest BCUT2D eigenvalue weighted by atomic mass is 10.0. The first-order valence-electron chi connectivity index (χ1n) is 12.5. The molecule has 0 fully saturated rings. The van der Waals surface area contributed by atoms with Gasteiger partial charge in [-0.05, 0) is 61.4 Å². The van der Waals surface area contributed by atoms with Gasteiger partial charge in [0.1, 0.15) is 34.4 Å². The molecular weight excluding hydrogens is 611 g/mol. The van der Waals surface area contributed by atoms with E-state index in [4.69, 9.17) is 52.0 Å². The molecule has 0 unspecified atom stereocenters. The van der Waals surface area contributed by atoms with E-state index in [1.807, 2.05) is 0 Å². The lowest BCUT2D eigenvalue weighted by molar-refractivity contribution is -0.141. The molecule has 0 aliphatic heterocycles. The van der Waals surface area contributed by atoms with E-state index in [9.17, 15) is 18.0 Å². The van der Waals surface area contributed by atoms with E-state index in [0.29, 0.717) is 17.1 Å². The summed E-state index contributed by atoms with van der Waals surface area (Å²) in [6.07, 6.45) is -0.928. The number of primary sulfonamides is 1. The Hall–Kier alpha value is -3.71. The highest BCUT2D eigenvalue weighted by atomic mass is 35.5. The monoisotopic (exact) mass is 640 g/mol. The smallest absolute Gasteiger partial charge is 0.420 e. The first-order chi connectivity index (χ1) is 19.8. The second kappa shape index (κ2) is 14.0. The van der Waals surface area contributed by atoms with Gasteiger partial charge < -0.3 is 23.7 Å². The van der Waals surface area contributed by atoms with Gasteiger partial charge in [-0.15, -0.1) is 0 Å². The van der Waals surface area contributed by atoms with Crippen molar-refractivity contribution in [2.45, 2.75) is 31.6 Å². The molecule has 3 rings (SSSR count). The van der Waals surface area contributed by atoms with Gasteiger partial charge in [0.25, 0.3) is 0 Å². The Balaban J connectivity index is 2.04. The van der Waals surface area contributed by atoms with Crippen LogP contribution in [-0.4, -0.2) is 47.9 Å². The largest absolute Gasteiger partial charge is 0.497 e. The van der Waals surface area contributed by atoms with E-state index in [0.717, 1.165) is 4.90 Å². The molecule has 3 aromatic rings. The molecule has 0 saturated heterocycles. The van der Waals surface area contributed by atoms with Gasteiger partial charge in [0.15, 0.2) is 5.75 Å². The predicted octanol–water partition coefficient (Wildman–Crippen LogP) is 6.14. The van der Waals surface area contributed by atoms with Crippen molar-refractivity contribution >= 4 is 51.0 Å². The topological polar surface area (TPSA) is 144 Å². The molecule has 0 aromatic heterocycles. The van der Waals surface area contributed by atoms with Gasteiger partial charge in [0, 0.05) is 5.56 Å². The van der Waals surface area contributed by atoms with Gasteiger partial charge in [0.2, 0.25) is 10.0 Å².